The van der Waals surface area contributed by atoms with E-state index in [1.54, 1.807) is 19.1 Å². The van der Waals surface area contributed by atoms with Crippen LogP contribution in [0.5, 0.6) is 0 Å². The average Bonchev–Trinajstić information content (AvgIpc) is 3.14. The molecule has 1 heterocycles. The molecule has 0 spiro atoms. The predicted molar refractivity (Wildman–Crippen MR) is 85.9 cm³/mol. The largest absolute Gasteiger partial charge is 0.464 e. The first-order valence-electron chi connectivity index (χ1n) is 8.12. The minimum atomic E-state index is -0.744. The van der Waals surface area contributed by atoms with E-state index in [1.807, 2.05) is 30.3 Å². The Bertz CT molecular complexity index is 630. The monoisotopic (exact) mass is 331 g/mol. The molecule has 1 aromatic carbocycles. The fourth-order valence-electron chi connectivity index (χ4n) is 3.38. The molecule has 1 fully saturated rings. The molecule has 0 unspecified atom stereocenters. The van der Waals surface area contributed by atoms with E-state index < -0.39 is 24.2 Å². The number of hydrogen-bond acceptors (Lipinski definition) is 5. The second kappa shape index (κ2) is 7.05. The molecule has 128 valence electrons. The van der Waals surface area contributed by atoms with Crippen LogP contribution in [0.2, 0.25) is 0 Å². The lowest BCUT2D eigenvalue weighted by Gasteiger charge is -2.24. The molecular formula is C18H21NO5. The number of esters is 1. The van der Waals surface area contributed by atoms with Gasteiger partial charge in [0.15, 0.2) is 0 Å². The highest BCUT2D eigenvalue weighted by Gasteiger charge is 2.52. The number of aliphatic hydroxyl groups excluding tert-OH is 1. The van der Waals surface area contributed by atoms with E-state index in [4.69, 9.17) is 9.47 Å². The Morgan fingerprint density at radius 1 is 1.21 bits per heavy atom. The Labute approximate surface area is 140 Å². The number of hydrogen-bond donors (Lipinski definition) is 1. The Balaban J connectivity index is 1.71. The first-order chi connectivity index (χ1) is 11.6. The highest BCUT2D eigenvalue weighted by molar-refractivity contribution is 5.83. The summed E-state index contributed by atoms with van der Waals surface area (Å²) in [6.45, 7) is 2.38. The standard InChI is InChI=1S/C18H21NO5/c1-2-23-17(21)16-13-8-9-15(20)14(13)10-19(16)18(22)24-11-12-6-4-3-5-7-12/h3-9,13-16,20H,2,10-11H2,1H3/t13-,14-,15+,16-/m0/s1. The third-order valence-corrected chi connectivity index (χ3v) is 4.54. The molecule has 1 amide bonds. The molecule has 1 aliphatic carbocycles. The first kappa shape index (κ1) is 16.5. The van der Waals surface area contributed by atoms with E-state index in [0.717, 1.165) is 5.56 Å². The lowest BCUT2D eigenvalue weighted by atomic mass is 9.93. The van der Waals surface area contributed by atoms with Gasteiger partial charge in [-0.05, 0) is 12.5 Å². The maximum atomic E-state index is 12.5. The maximum Gasteiger partial charge on any atom is 0.410 e. The minimum Gasteiger partial charge on any atom is -0.464 e. The Kier molecular flexibility index (Phi) is 4.85. The van der Waals surface area contributed by atoms with Gasteiger partial charge in [-0.3, -0.25) is 4.90 Å². The number of carbonyl (C=O) groups excluding carboxylic acids is 2. The molecule has 1 saturated heterocycles. The molecule has 1 aromatic rings. The van der Waals surface area contributed by atoms with Gasteiger partial charge in [0, 0.05) is 18.4 Å². The van der Waals surface area contributed by atoms with Crippen molar-refractivity contribution >= 4 is 12.1 Å². The van der Waals surface area contributed by atoms with Gasteiger partial charge in [0.1, 0.15) is 12.6 Å². The molecule has 2 aliphatic rings. The molecule has 3 rings (SSSR count). The maximum absolute atomic E-state index is 12.5. The van der Waals surface area contributed by atoms with Crippen LogP contribution in [0.4, 0.5) is 4.79 Å². The van der Waals surface area contributed by atoms with Crippen LogP contribution in [-0.2, 0) is 20.9 Å². The van der Waals surface area contributed by atoms with Crippen molar-refractivity contribution in [3.8, 4) is 0 Å². The SMILES string of the molecule is CCOC(=O)[C@@H]1[C@H]2C=C[C@@H](O)[C@H]2CN1C(=O)OCc1ccccc1. The van der Waals surface area contributed by atoms with Crippen LogP contribution in [0, 0.1) is 11.8 Å². The van der Waals surface area contributed by atoms with Crippen LogP contribution in [0.25, 0.3) is 0 Å². The molecule has 0 aromatic heterocycles. The van der Waals surface area contributed by atoms with Crippen LogP contribution in [-0.4, -0.2) is 47.4 Å². The second-order valence-corrected chi connectivity index (χ2v) is 6.01. The van der Waals surface area contributed by atoms with Crippen molar-refractivity contribution in [1.82, 2.24) is 4.90 Å². The van der Waals surface area contributed by atoms with Crippen molar-refractivity contribution < 1.29 is 24.2 Å². The van der Waals surface area contributed by atoms with Crippen LogP contribution >= 0.6 is 0 Å². The van der Waals surface area contributed by atoms with E-state index in [-0.39, 0.29) is 31.6 Å². The number of amides is 1. The zero-order valence-electron chi connectivity index (χ0n) is 13.5. The van der Waals surface area contributed by atoms with Gasteiger partial charge in [-0.2, -0.15) is 0 Å². The number of ether oxygens (including phenoxy) is 2. The molecule has 1 aliphatic heterocycles. The number of benzene rings is 1. The van der Waals surface area contributed by atoms with Gasteiger partial charge in [0.25, 0.3) is 0 Å². The molecule has 0 radical (unpaired) electrons. The van der Waals surface area contributed by atoms with Gasteiger partial charge in [0.05, 0.1) is 12.7 Å². The average molecular weight is 331 g/mol. The zero-order chi connectivity index (χ0) is 17.1. The van der Waals surface area contributed by atoms with Crippen LogP contribution in [0.1, 0.15) is 12.5 Å². The topological polar surface area (TPSA) is 76.1 Å². The number of likely N-dealkylation sites (tertiary alicyclic amines) is 1. The summed E-state index contributed by atoms with van der Waals surface area (Å²) in [5.41, 5.74) is 0.873. The van der Waals surface area contributed by atoms with Crippen molar-refractivity contribution in [3.05, 3.63) is 48.0 Å². The summed E-state index contributed by atoms with van der Waals surface area (Å²) in [7, 11) is 0. The van der Waals surface area contributed by atoms with Gasteiger partial charge in [0.2, 0.25) is 0 Å². The number of rotatable bonds is 4. The summed E-state index contributed by atoms with van der Waals surface area (Å²) in [5.74, 6) is -0.882. The van der Waals surface area contributed by atoms with Gasteiger partial charge in [-0.15, -0.1) is 0 Å². The van der Waals surface area contributed by atoms with Gasteiger partial charge in [-0.25, -0.2) is 9.59 Å². The second-order valence-electron chi connectivity index (χ2n) is 6.01. The summed E-state index contributed by atoms with van der Waals surface area (Å²) in [5, 5.41) is 10.0. The number of fused-ring (bicyclic) bond motifs is 1. The smallest absolute Gasteiger partial charge is 0.410 e. The van der Waals surface area contributed by atoms with Gasteiger partial charge >= 0.3 is 12.1 Å². The predicted octanol–water partition coefficient (Wildman–Crippen LogP) is 1.73. The quantitative estimate of drug-likeness (QED) is 0.672. The highest BCUT2D eigenvalue weighted by Crippen LogP contribution is 2.39. The van der Waals surface area contributed by atoms with E-state index in [1.165, 1.54) is 4.90 Å². The number of aliphatic hydroxyl groups is 1. The lowest BCUT2D eigenvalue weighted by Crippen LogP contribution is -2.44. The molecular weight excluding hydrogens is 310 g/mol. The van der Waals surface area contributed by atoms with Crippen LogP contribution < -0.4 is 0 Å². The van der Waals surface area contributed by atoms with Crippen molar-refractivity contribution in [3.63, 3.8) is 0 Å². The van der Waals surface area contributed by atoms with E-state index in [9.17, 15) is 14.7 Å². The van der Waals surface area contributed by atoms with Gasteiger partial charge in [-0.1, -0.05) is 42.5 Å². The fraction of sp³-hybridized carbons (Fsp3) is 0.444. The molecule has 6 nitrogen and oxygen atoms in total. The Morgan fingerprint density at radius 2 is 1.96 bits per heavy atom. The summed E-state index contributed by atoms with van der Waals surface area (Å²) in [6.07, 6.45) is 2.25. The summed E-state index contributed by atoms with van der Waals surface area (Å²) >= 11 is 0. The Morgan fingerprint density at radius 3 is 2.67 bits per heavy atom. The van der Waals surface area contributed by atoms with E-state index in [0.29, 0.717) is 0 Å². The lowest BCUT2D eigenvalue weighted by molar-refractivity contribution is -0.148. The van der Waals surface area contributed by atoms with E-state index in [2.05, 4.69) is 0 Å². The number of nitrogens with zero attached hydrogens (tertiary/aromatic N) is 1. The highest BCUT2D eigenvalue weighted by atomic mass is 16.6. The van der Waals surface area contributed by atoms with E-state index >= 15 is 0 Å². The molecule has 0 bridgehead atoms. The summed E-state index contributed by atoms with van der Waals surface area (Å²) in [4.78, 5) is 26.1. The van der Waals surface area contributed by atoms with Crippen LogP contribution in [0.3, 0.4) is 0 Å². The third-order valence-electron chi connectivity index (χ3n) is 4.54. The molecule has 24 heavy (non-hydrogen) atoms. The molecule has 0 saturated carbocycles. The number of carbonyl (C=O) groups is 2. The van der Waals surface area contributed by atoms with Crippen molar-refractivity contribution in [1.29, 1.82) is 0 Å². The van der Waals surface area contributed by atoms with Crippen LogP contribution in [0.15, 0.2) is 42.5 Å². The molecule has 4 atom stereocenters. The normalized spacial score (nSPS) is 27.8. The minimum absolute atomic E-state index is 0.138. The third kappa shape index (κ3) is 3.14. The van der Waals surface area contributed by atoms with Gasteiger partial charge < -0.3 is 14.6 Å². The molecule has 1 N–H and O–H groups in total. The van der Waals surface area contributed by atoms with Crippen molar-refractivity contribution in [2.75, 3.05) is 13.2 Å². The molecule has 6 heteroatoms. The van der Waals surface area contributed by atoms with Crippen molar-refractivity contribution in [2.24, 2.45) is 11.8 Å². The Hall–Kier alpha value is -2.34. The summed E-state index contributed by atoms with van der Waals surface area (Å²) < 4.78 is 10.5. The van der Waals surface area contributed by atoms with Crippen molar-refractivity contribution in [2.45, 2.75) is 25.7 Å². The zero-order valence-corrected chi connectivity index (χ0v) is 13.5. The summed E-state index contributed by atoms with van der Waals surface area (Å²) in [6, 6.07) is 8.60. The first-order valence-corrected chi connectivity index (χ1v) is 8.12. The fourth-order valence-corrected chi connectivity index (χ4v) is 3.38.